The summed E-state index contributed by atoms with van der Waals surface area (Å²) < 4.78 is 25.2. The summed E-state index contributed by atoms with van der Waals surface area (Å²) in [6, 6.07) is 7.39. The fourth-order valence-electron chi connectivity index (χ4n) is 2.32. The van der Waals surface area contributed by atoms with Crippen LogP contribution in [0.25, 0.3) is 0 Å². The van der Waals surface area contributed by atoms with E-state index in [1.807, 2.05) is 38.1 Å². The smallest absolute Gasteiger partial charge is 0.311 e. The SMILES string of the molecule is CCC(CCC(C(=O)NC(=S)NC)c1ccc(C)cc1)N=S(=O)=O. The van der Waals surface area contributed by atoms with Gasteiger partial charge in [-0.3, -0.25) is 4.79 Å². The van der Waals surface area contributed by atoms with Crippen molar-refractivity contribution in [2.75, 3.05) is 7.05 Å². The number of benzene rings is 1. The van der Waals surface area contributed by atoms with Crippen LogP contribution < -0.4 is 10.6 Å². The first-order valence-electron chi connectivity index (χ1n) is 7.76. The largest absolute Gasteiger partial charge is 0.365 e. The number of amides is 1. The van der Waals surface area contributed by atoms with Gasteiger partial charge in [0.1, 0.15) is 0 Å². The molecule has 0 bridgehead atoms. The minimum absolute atomic E-state index is 0.212. The van der Waals surface area contributed by atoms with Gasteiger partial charge in [-0.2, -0.15) is 12.8 Å². The first-order chi connectivity index (χ1) is 11.4. The fourth-order valence-corrected chi connectivity index (χ4v) is 2.92. The monoisotopic (exact) mass is 369 g/mol. The van der Waals surface area contributed by atoms with E-state index in [0.29, 0.717) is 19.3 Å². The van der Waals surface area contributed by atoms with E-state index in [1.54, 1.807) is 7.05 Å². The first-order valence-corrected chi connectivity index (χ1v) is 9.20. The van der Waals surface area contributed by atoms with Gasteiger partial charge in [0, 0.05) is 7.05 Å². The van der Waals surface area contributed by atoms with Gasteiger partial charge in [-0.05, 0) is 44.0 Å². The number of nitrogens with one attached hydrogen (secondary N) is 2. The summed E-state index contributed by atoms with van der Waals surface area (Å²) in [7, 11) is -0.797. The van der Waals surface area contributed by atoms with Crippen molar-refractivity contribution in [2.45, 2.75) is 45.1 Å². The van der Waals surface area contributed by atoms with E-state index in [1.165, 1.54) is 0 Å². The molecule has 0 spiro atoms. The van der Waals surface area contributed by atoms with Crippen molar-refractivity contribution in [1.82, 2.24) is 10.6 Å². The van der Waals surface area contributed by atoms with Gasteiger partial charge >= 0.3 is 10.5 Å². The number of hydrogen-bond donors (Lipinski definition) is 2. The molecule has 1 aromatic rings. The van der Waals surface area contributed by atoms with Crippen LogP contribution in [0.15, 0.2) is 28.6 Å². The summed E-state index contributed by atoms with van der Waals surface area (Å²) in [4.78, 5) is 12.5. The highest BCUT2D eigenvalue weighted by Crippen LogP contribution is 2.24. The lowest BCUT2D eigenvalue weighted by molar-refractivity contribution is -0.121. The molecule has 6 nitrogen and oxygen atoms in total. The Morgan fingerprint density at radius 1 is 1.25 bits per heavy atom. The third kappa shape index (κ3) is 6.76. The second-order valence-corrected chi connectivity index (χ2v) is 6.55. The van der Waals surface area contributed by atoms with Gasteiger partial charge in [0.2, 0.25) is 5.91 Å². The number of carbonyl (C=O) groups is 1. The third-order valence-corrected chi connectivity index (χ3v) is 4.53. The molecule has 0 aliphatic carbocycles. The number of aryl methyl sites for hydroxylation is 1. The van der Waals surface area contributed by atoms with Gasteiger partial charge in [0.05, 0.1) is 12.0 Å². The molecule has 24 heavy (non-hydrogen) atoms. The van der Waals surface area contributed by atoms with E-state index in [0.717, 1.165) is 11.1 Å². The normalized spacial score (nSPS) is 12.8. The molecular weight excluding hydrogens is 346 g/mol. The topological polar surface area (TPSA) is 87.6 Å². The molecule has 1 amide bonds. The standard InChI is InChI=1S/C16H23N3O3S2/c1-4-13(19-24(21)22)9-10-14(15(20)18-16(23)17-3)12-7-5-11(2)6-8-12/h5-8,13-14H,4,9-10H2,1-3H3,(H2,17,18,20,23). The van der Waals surface area contributed by atoms with Crippen LogP contribution >= 0.6 is 12.2 Å². The quantitative estimate of drug-likeness (QED) is 0.720. The number of carbonyl (C=O) groups excluding carboxylic acids is 1. The highest BCUT2D eigenvalue weighted by molar-refractivity contribution is 7.80. The average molecular weight is 370 g/mol. The molecule has 8 heteroatoms. The Kier molecular flexibility index (Phi) is 8.56. The number of nitrogens with zero attached hydrogens (tertiary/aromatic N) is 1. The highest BCUT2D eigenvalue weighted by Gasteiger charge is 2.22. The zero-order valence-corrected chi connectivity index (χ0v) is 15.7. The maximum absolute atomic E-state index is 12.5. The predicted octanol–water partition coefficient (Wildman–Crippen LogP) is 2.32. The van der Waals surface area contributed by atoms with Crippen LogP contribution in [0.3, 0.4) is 0 Å². The van der Waals surface area contributed by atoms with Crippen molar-refractivity contribution in [3.8, 4) is 0 Å². The fraction of sp³-hybridized carbons (Fsp3) is 0.500. The molecular formula is C16H23N3O3S2. The van der Waals surface area contributed by atoms with E-state index < -0.39 is 16.4 Å². The molecule has 1 aromatic carbocycles. The lowest BCUT2D eigenvalue weighted by atomic mass is 9.91. The summed E-state index contributed by atoms with van der Waals surface area (Å²) in [6.45, 7) is 3.85. The van der Waals surface area contributed by atoms with Gasteiger partial charge in [-0.25, -0.2) is 0 Å². The van der Waals surface area contributed by atoms with Gasteiger partial charge in [-0.15, -0.1) is 0 Å². The van der Waals surface area contributed by atoms with Crippen LogP contribution in [0.2, 0.25) is 0 Å². The number of thiocarbonyl (C=S) groups is 1. The Labute approximate surface area is 149 Å². The summed E-state index contributed by atoms with van der Waals surface area (Å²) in [5, 5.41) is 5.63. The Morgan fingerprint density at radius 3 is 2.38 bits per heavy atom. The molecule has 0 fully saturated rings. The first kappa shape index (κ1) is 20.2. The minimum Gasteiger partial charge on any atom is -0.365 e. The molecule has 0 aromatic heterocycles. The lowest BCUT2D eigenvalue weighted by Crippen LogP contribution is -2.40. The summed E-state index contributed by atoms with van der Waals surface area (Å²) in [5.41, 5.74) is 1.97. The second kappa shape index (κ2) is 10.1. The third-order valence-electron chi connectivity index (χ3n) is 3.75. The van der Waals surface area contributed by atoms with E-state index in [9.17, 15) is 13.2 Å². The van der Waals surface area contributed by atoms with Crippen molar-refractivity contribution in [1.29, 1.82) is 0 Å². The molecule has 0 saturated carbocycles. The van der Waals surface area contributed by atoms with Crippen LogP contribution in [0.1, 0.15) is 43.2 Å². The number of rotatable bonds is 7. The van der Waals surface area contributed by atoms with Crippen molar-refractivity contribution in [3.63, 3.8) is 0 Å². The Morgan fingerprint density at radius 2 is 1.88 bits per heavy atom. The van der Waals surface area contributed by atoms with Gasteiger partial charge in [0.25, 0.3) is 0 Å². The molecule has 0 saturated heterocycles. The van der Waals surface area contributed by atoms with E-state index >= 15 is 0 Å². The van der Waals surface area contributed by atoms with Crippen molar-refractivity contribution in [2.24, 2.45) is 4.36 Å². The molecule has 0 aliphatic heterocycles. The molecule has 2 unspecified atom stereocenters. The van der Waals surface area contributed by atoms with Crippen molar-refractivity contribution >= 4 is 33.7 Å². The molecule has 2 N–H and O–H groups in total. The molecule has 1 rings (SSSR count). The highest BCUT2D eigenvalue weighted by atomic mass is 32.2. The van der Waals surface area contributed by atoms with Crippen LogP contribution in [-0.2, 0) is 15.3 Å². The summed E-state index contributed by atoms with van der Waals surface area (Å²) in [5.74, 6) is -0.627. The van der Waals surface area contributed by atoms with E-state index in [4.69, 9.17) is 12.2 Å². The van der Waals surface area contributed by atoms with E-state index in [2.05, 4.69) is 15.0 Å². The molecule has 0 radical (unpaired) electrons. The maximum atomic E-state index is 12.5. The van der Waals surface area contributed by atoms with Crippen molar-refractivity contribution < 1.29 is 13.2 Å². The van der Waals surface area contributed by atoms with Crippen LogP contribution in [-0.4, -0.2) is 32.5 Å². The van der Waals surface area contributed by atoms with Crippen molar-refractivity contribution in [3.05, 3.63) is 35.4 Å². The molecule has 132 valence electrons. The maximum Gasteiger partial charge on any atom is 0.311 e. The summed E-state index contributed by atoms with van der Waals surface area (Å²) in [6.07, 6.45) is 1.59. The second-order valence-electron chi connectivity index (χ2n) is 5.49. The van der Waals surface area contributed by atoms with Crippen LogP contribution in [0.4, 0.5) is 0 Å². The molecule has 2 atom stereocenters. The zero-order chi connectivity index (χ0) is 18.1. The van der Waals surface area contributed by atoms with Crippen LogP contribution in [0.5, 0.6) is 0 Å². The average Bonchev–Trinajstić information content (AvgIpc) is 2.54. The summed E-state index contributed by atoms with van der Waals surface area (Å²) >= 11 is 4.99. The minimum atomic E-state index is -2.44. The molecule has 0 heterocycles. The number of hydrogen-bond acceptors (Lipinski definition) is 5. The predicted molar refractivity (Wildman–Crippen MR) is 98.4 cm³/mol. The molecule has 0 aliphatic rings. The van der Waals surface area contributed by atoms with Crippen LogP contribution in [0, 0.1) is 6.92 Å². The Balaban J connectivity index is 2.96. The van der Waals surface area contributed by atoms with Gasteiger partial charge in [-0.1, -0.05) is 36.8 Å². The Hall–Kier alpha value is -1.80. The lowest BCUT2D eigenvalue weighted by Gasteiger charge is -2.19. The Bertz CT molecular complexity index is 692. The zero-order valence-electron chi connectivity index (χ0n) is 14.1. The van der Waals surface area contributed by atoms with Gasteiger partial charge < -0.3 is 10.6 Å². The van der Waals surface area contributed by atoms with Gasteiger partial charge in [0.15, 0.2) is 5.11 Å². The van der Waals surface area contributed by atoms with E-state index in [-0.39, 0.29) is 17.1 Å².